The maximum atomic E-state index is 13.4. The lowest BCUT2D eigenvalue weighted by atomic mass is 9.90. The molecule has 0 radical (unpaired) electrons. The molecule has 2 unspecified atom stereocenters. The van der Waals surface area contributed by atoms with Crippen LogP contribution in [0.2, 0.25) is 0 Å². The van der Waals surface area contributed by atoms with Crippen molar-refractivity contribution in [2.75, 3.05) is 6.61 Å². The summed E-state index contributed by atoms with van der Waals surface area (Å²) in [5, 5.41) is 12.1. The summed E-state index contributed by atoms with van der Waals surface area (Å²) in [6.45, 7) is 8.23. The number of ketones is 1. The van der Waals surface area contributed by atoms with Crippen molar-refractivity contribution in [3.05, 3.63) is 63.6 Å². The quantitative estimate of drug-likeness (QED) is 0.654. The lowest BCUT2D eigenvalue weighted by molar-refractivity contribution is -0.147. The first-order valence-corrected chi connectivity index (χ1v) is 11.0. The van der Waals surface area contributed by atoms with Crippen LogP contribution in [-0.4, -0.2) is 27.7 Å². The number of pyridine rings is 1. The molecular formula is C26H27NO5. The second kappa shape index (κ2) is 7.29. The van der Waals surface area contributed by atoms with Crippen molar-refractivity contribution in [1.29, 1.82) is 0 Å². The van der Waals surface area contributed by atoms with E-state index in [1.54, 1.807) is 6.07 Å². The molecule has 2 aromatic carbocycles. The molecule has 3 heterocycles. The van der Waals surface area contributed by atoms with E-state index in [-0.39, 0.29) is 5.56 Å². The second-order valence-electron chi connectivity index (χ2n) is 9.59. The van der Waals surface area contributed by atoms with Crippen molar-refractivity contribution < 1.29 is 19.4 Å². The molecule has 2 atom stereocenters. The van der Waals surface area contributed by atoms with E-state index in [0.717, 1.165) is 46.2 Å². The lowest BCUT2D eigenvalue weighted by Crippen LogP contribution is -2.26. The summed E-state index contributed by atoms with van der Waals surface area (Å²) in [6.07, 6.45) is -0.771. The van der Waals surface area contributed by atoms with Gasteiger partial charge in [0.15, 0.2) is 12.3 Å². The van der Waals surface area contributed by atoms with Crippen molar-refractivity contribution in [1.82, 2.24) is 4.57 Å². The SMILES string of the molecule is Cc1cccc2c(=O)n3c(c(-c4ccc5c(c4)CCCO5)c12)C(OC(C)(C)C)C(=O)C3O. The second-order valence-corrected chi connectivity index (χ2v) is 9.59. The minimum absolute atomic E-state index is 0.385. The maximum absolute atomic E-state index is 13.4. The van der Waals surface area contributed by atoms with Gasteiger partial charge in [0, 0.05) is 10.9 Å². The summed E-state index contributed by atoms with van der Waals surface area (Å²) < 4.78 is 13.1. The van der Waals surface area contributed by atoms with Crippen LogP contribution in [0.25, 0.3) is 21.9 Å². The number of aryl methyl sites for hydroxylation is 2. The minimum Gasteiger partial charge on any atom is -0.493 e. The standard InChI is InChI=1S/C26H27NO5/c1-14-7-5-9-17-19(14)20(16-10-11-18-15(13-16)8-6-12-31-18)21-23(32-26(2,3)4)22(28)25(30)27(21)24(17)29/h5,7,9-11,13,23,25,30H,6,8,12H2,1-4H3. The summed E-state index contributed by atoms with van der Waals surface area (Å²) in [7, 11) is 0. The summed E-state index contributed by atoms with van der Waals surface area (Å²) in [4.78, 5) is 26.5. The van der Waals surface area contributed by atoms with Gasteiger partial charge in [-0.3, -0.25) is 14.2 Å². The first-order chi connectivity index (χ1) is 15.2. The molecule has 0 saturated heterocycles. The molecule has 2 aliphatic rings. The van der Waals surface area contributed by atoms with Crippen molar-refractivity contribution in [2.45, 2.75) is 58.5 Å². The fraction of sp³-hybridized carbons (Fsp3) is 0.385. The number of benzene rings is 2. The number of fused-ring (bicyclic) bond motifs is 3. The molecule has 0 bridgehead atoms. The highest BCUT2D eigenvalue weighted by molar-refractivity contribution is 6.03. The summed E-state index contributed by atoms with van der Waals surface area (Å²) >= 11 is 0. The van der Waals surface area contributed by atoms with Crippen molar-refractivity contribution in [3.63, 3.8) is 0 Å². The van der Waals surface area contributed by atoms with Crippen LogP contribution in [0.3, 0.4) is 0 Å². The van der Waals surface area contributed by atoms with E-state index in [0.29, 0.717) is 17.7 Å². The number of nitrogens with zero attached hydrogens (tertiary/aromatic N) is 1. The number of hydrogen-bond acceptors (Lipinski definition) is 5. The molecule has 1 N–H and O–H groups in total. The number of aromatic nitrogens is 1. The number of carbonyl (C=O) groups is 1. The lowest BCUT2D eigenvalue weighted by Gasteiger charge is -2.26. The maximum Gasteiger partial charge on any atom is 0.261 e. The third kappa shape index (κ3) is 3.17. The third-order valence-electron chi connectivity index (χ3n) is 6.16. The molecule has 0 fully saturated rings. The Labute approximate surface area is 186 Å². The number of carbonyl (C=O) groups excluding carboxylic acids is 1. The number of ether oxygens (including phenoxy) is 2. The molecule has 166 valence electrons. The normalized spacial score (nSPS) is 20.2. The monoisotopic (exact) mass is 433 g/mol. The summed E-state index contributed by atoms with van der Waals surface area (Å²) in [5.74, 6) is 0.344. The fourth-order valence-corrected chi connectivity index (χ4v) is 4.84. The van der Waals surface area contributed by atoms with Crippen LogP contribution in [0, 0.1) is 6.92 Å². The molecule has 0 saturated carbocycles. The number of Topliss-reactive ketones (excluding diaryl/α,β-unsaturated/α-hetero) is 1. The number of hydrogen-bond donors (Lipinski definition) is 1. The van der Waals surface area contributed by atoms with Crippen molar-refractivity contribution in [2.24, 2.45) is 0 Å². The van der Waals surface area contributed by atoms with Crippen LogP contribution in [0.1, 0.15) is 56.3 Å². The predicted molar refractivity (Wildman–Crippen MR) is 122 cm³/mol. The Morgan fingerprint density at radius 3 is 2.69 bits per heavy atom. The zero-order valence-electron chi connectivity index (χ0n) is 18.8. The van der Waals surface area contributed by atoms with E-state index < -0.39 is 23.7 Å². The van der Waals surface area contributed by atoms with Gasteiger partial charge in [0.2, 0.25) is 5.78 Å². The van der Waals surface area contributed by atoms with Gasteiger partial charge in [-0.15, -0.1) is 0 Å². The van der Waals surface area contributed by atoms with E-state index in [1.807, 2.05) is 52.0 Å². The van der Waals surface area contributed by atoms with E-state index in [1.165, 1.54) is 4.57 Å². The van der Waals surface area contributed by atoms with Gasteiger partial charge in [-0.2, -0.15) is 0 Å². The van der Waals surface area contributed by atoms with Crippen LogP contribution < -0.4 is 10.3 Å². The summed E-state index contributed by atoms with van der Waals surface area (Å²) in [5.41, 5.74) is 3.04. The summed E-state index contributed by atoms with van der Waals surface area (Å²) in [6, 6.07) is 11.5. The van der Waals surface area contributed by atoms with Crippen LogP contribution in [0.5, 0.6) is 5.75 Å². The molecule has 0 spiro atoms. The van der Waals surface area contributed by atoms with E-state index in [4.69, 9.17) is 9.47 Å². The van der Waals surface area contributed by atoms with Gasteiger partial charge in [0.1, 0.15) is 5.75 Å². The van der Waals surface area contributed by atoms with Crippen LogP contribution in [0.4, 0.5) is 0 Å². The van der Waals surface area contributed by atoms with Crippen LogP contribution >= 0.6 is 0 Å². The molecule has 6 nitrogen and oxygen atoms in total. The molecule has 2 aliphatic heterocycles. The highest BCUT2D eigenvalue weighted by Gasteiger charge is 2.44. The molecule has 3 aromatic rings. The third-order valence-corrected chi connectivity index (χ3v) is 6.16. The topological polar surface area (TPSA) is 77.8 Å². The molecule has 32 heavy (non-hydrogen) atoms. The van der Waals surface area contributed by atoms with Gasteiger partial charge in [0.05, 0.1) is 17.9 Å². The Morgan fingerprint density at radius 2 is 1.94 bits per heavy atom. The van der Waals surface area contributed by atoms with Gasteiger partial charge in [-0.25, -0.2) is 0 Å². The van der Waals surface area contributed by atoms with Gasteiger partial charge in [-0.1, -0.05) is 18.2 Å². The minimum atomic E-state index is -1.57. The number of aliphatic hydroxyl groups is 1. The molecule has 1 aromatic heterocycles. The first kappa shape index (κ1) is 20.9. The first-order valence-electron chi connectivity index (χ1n) is 11.0. The van der Waals surface area contributed by atoms with Gasteiger partial charge in [0.25, 0.3) is 5.56 Å². The van der Waals surface area contributed by atoms with Gasteiger partial charge in [-0.05, 0) is 80.8 Å². The molecule has 0 amide bonds. The molecule has 5 rings (SSSR count). The average molecular weight is 434 g/mol. The van der Waals surface area contributed by atoms with E-state index >= 15 is 0 Å². The van der Waals surface area contributed by atoms with Crippen molar-refractivity contribution >= 4 is 16.6 Å². The zero-order valence-corrected chi connectivity index (χ0v) is 18.8. The van der Waals surface area contributed by atoms with Gasteiger partial charge >= 0.3 is 0 Å². The van der Waals surface area contributed by atoms with Crippen LogP contribution in [0.15, 0.2) is 41.2 Å². The highest BCUT2D eigenvalue weighted by Crippen LogP contribution is 2.44. The van der Waals surface area contributed by atoms with Crippen molar-refractivity contribution in [3.8, 4) is 16.9 Å². The Bertz CT molecular complexity index is 1310. The Hall–Kier alpha value is -2.96. The number of aliphatic hydroxyl groups excluding tert-OH is 1. The fourth-order valence-electron chi connectivity index (χ4n) is 4.84. The Morgan fingerprint density at radius 1 is 1.16 bits per heavy atom. The van der Waals surface area contributed by atoms with Gasteiger partial charge < -0.3 is 14.6 Å². The highest BCUT2D eigenvalue weighted by atomic mass is 16.5. The smallest absolute Gasteiger partial charge is 0.261 e. The van der Waals surface area contributed by atoms with Crippen LogP contribution in [-0.2, 0) is 16.0 Å². The van der Waals surface area contributed by atoms with E-state index in [9.17, 15) is 14.7 Å². The van der Waals surface area contributed by atoms with E-state index in [2.05, 4.69) is 6.07 Å². The molecule has 6 heteroatoms. The predicted octanol–water partition coefficient (Wildman–Crippen LogP) is 4.23. The largest absolute Gasteiger partial charge is 0.493 e. The average Bonchev–Trinajstić information content (AvgIpc) is 2.98. The zero-order chi connectivity index (χ0) is 22.8. The Kier molecular flexibility index (Phi) is 4.76. The number of rotatable bonds is 2. The Balaban J connectivity index is 1.89. The molecular weight excluding hydrogens is 406 g/mol. The molecule has 0 aliphatic carbocycles.